The summed E-state index contributed by atoms with van der Waals surface area (Å²) in [7, 11) is 0. The maximum atomic E-state index is 5.84. The Morgan fingerprint density at radius 2 is 2.05 bits per heavy atom. The second-order valence-corrected chi connectivity index (χ2v) is 6.72. The minimum absolute atomic E-state index is 0.390. The van der Waals surface area contributed by atoms with Crippen molar-refractivity contribution in [3.8, 4) is 0 Å². The van der Waals surface area contributed by atoms with E-state index in [-0.39, 0.29) is 0 Å². The van der Waals surface area contributed by atoms with Crippen molar-refractivity contribution in [3.63, 3.8) is 0 Å². The smallest absolute Gasteiger partial charge is 0.106 e. The van der Waals surface area contributed by atoms with E-state index in [0.717, 1.165) is 29.0 Å². The largest absolute Gasteiger partial charge is 0.399 e. The van der Waals surface area contributed by atoms with Gasteiger partial charge in [0.05, 0.1) is 11.0 Å². The zero-order valence-electron chi connectivity index (χ0n) is 12.1. The van der Waals surface area contributed by atoms with Crippen molar-refractivity contribution >= 4 is 28.1 Å². The fraction of sp³-hybridized carbons (Fsp3) is 0.312. The molecule has 3 nitrogen and oxygen atoms in total. The van der Waals surface area contributed by atoms with Crippen LogP contribution in [0.25, 0.3) is 11.0 Å². The molecule has 0 aliphatic carbocycles. The normalized spacial score (nSPS) is 12.9. The van der Waals surface area contributed by atoms with Gasteiger partial charge in [-0.25, -0.2) is 4.98 Å². The number of hydrogen-bond acceptors (Lipinski definition) is 3. The first-order valence-corrected chi connectivity index (χ1v) is 7.65. The number of nitrogens with zero attached hydrogens (tertiary/aromatic N) is 2. The van der Waals surface area contributed by atoms with E-state index in [4.69, 9.17) is 5.73 Å². The van der Waals surface area contributed by atoms with E-state index < -0.39 is 0 Å². The number of benzene rings is 1. The topological polar surface area (TPSA) is 43.8 Å². The fourth-order valence-corrected chi connectivity index (χ4v) is 3.78. The van der Waals surface area contributed by atoms with Crippen LogP contribution in [0.1, 0.15) is 28.5 Å². The third kappa shape index (κ3) is 2.31. The lowest BCUT2D eigenvalue weighted by Gasteiger charge is -2.15. The number of rotatable bonds is 3. The van der Waals surface area contributed by atoms with E-state index in [2.05, 4.69) is 48.5 Å². The predicted molar refractivity (Wildman–Crippen MR) is 86.4 cm³/mol. The summed E-state index contributed by atoms with van der Waals surface area (Å²) in [5.41, 5.74) is 8.75. The highest BCUT2D eigenvalue weighted by molar-refractivity contribution is 7.11. The van der Waals surface area contributed by atoms with Crippen molar-refractivity contribution in [3.05, 3.63) is 45.9 Å². The summed E-state index contributed by atoms with van der Waals surface area (Å²) in [6.07, 6.45) is 1.04. The zero-order chi connectivity index (χ0) is 14.3. The summed E-state index contributed by atoms with van der Waals surface area (Å²) in [4.78, 5) is 7.42. The third-order valence-corrected chi connectivity index (χ3v) is 4.65. The average Bonchev–Trinajstić information content (AvgIpc) is 2.91. The van der Waals surface area contributed by atoms with Gasteiger partial charge in [0.25, 0.3) is 0 Å². The van der Waals surface area contributed by atoms with Crippen LogP contribution >= 0.6 is 11.3 Å². The minimum atomic E-state index is 0.390. The maximum Gasteiger partial charge on any atom is 0.106 e. The van der Waals surface area contributed by atoms with Gasteiger partial charge in [-0.15, -0.1) is 11.3 Å². The maximum absolute atomic E-state index is 5.84. The summed E-state index contributed by atoms with van der Waals surface area (Å²) >= 11 is 1.87. The van der Waals surface area contributed by atoms with Gasteiger partial charge >= 0.3 is 0 Å². The van der Waals surface area contributed by atoms with Gasteiger partial charge in [0, 0.05) is 27.9 Å². The molecule has 20 heavy (non-hydrogen) atoms. The van der Waals surface area contributed by atoms with Crippen molar-refractivity contribution in [2.24, 2.45) is 0 Å². The van der Waals surface area contributed by atoms with Crippen molar-refractivity contribution < 1.29 is 0 Å². The molecular formula is C16H19N3S. The molecular weight excluding hydrogens is 266 g/mol. The molecule has 0 fully saturated rings. The molecule has 0 aliphatic heterocycles. The number of imidazole rings is 1. The van der Waals surface area contributed by atoms with E-state index in [1.54, 1.807) is 0 Å². The summed E-state index contributed by atoms with van der Waals surface area (Å²) in [6, 6.07) is 10.8. The molecule has 3 aromatic rings. The van der Waals surface area contributed by atoms with Crippen LogP contribution in [0.3, 0.4) is 0 Å². The van der Waals surface area contributed by atoms with Crippen LogP contribution in [-0.2, 0) is 6.42 Å². The molecule has 1 atom stereocenters. The number of hydrogen-bond donors (Lipinski definition) is 1. The van der Waals surface area contributed by atoms with Crippen LogP contribution < -0.4 is 5.73 Å². The lowest BCUT2D eigenvalue weighted by molar-refractivity contribution is 0.549. The Hall–Kier alpha value is -1.81. The Bertz CT molecular complexity index is 754. The van der Waals surface area contributed by atoms with Crippen molar-refractivity contribution in [2.75, 3.05) is 5.73 Å². The van der Waals surface area contributed by atoms with Crippen molar-refractivity contribution in [1.82, 2.24) is 9.55 Å². The van der Waals surface area contributed by atoms with E-state index in [0.29, 0.717) is 6.04 Å². The first kappa shape index (κ1) is 13.2. The SMILES string of the molecule is Cc1ccc(CC(C)n2c(C)nc3cc(N)ccc32)s1. The van der Waals surface area contributed by atoms with E-state index in [1.165, 1.54) is 9.75 Å². The highest BCUT2D eigenvalue weighted by Gasteiger charge is 2.14. The molecule has 1 aromatic carbocycles. The highest BCUT2D eigenvalue weighted by Crippen LogP contribution is 2.27. The van der Waals surface area contributed by atoms with Crippen LogP contribution in [0.4, 0.5) is 5.69 Å². The van der Waals surface area contributed by atoms with Gasteiger partial charge in [0.15, 0.2) is 0 Å². The Kier molecular flexibility index (Phi) is 3.26. The number of fused-ring (bicyclic) bond motifs is 1. The van der Waals surface area contributed by atoms with Crippen LogP contribution in [0.2, 0.25) is 0 Å². The molecule has 2 aromatic heterocycles. The molecule has 0 spiro atoms. The van der Waals surface area contributed by atoms with Crippen LogP contribution in [0, 0.1) is 13.8 Å². The van der Waals surface area contributed by atoms with Gasteiger partial charge in [-0.05, 0) is 51.1 Å². The second kappa shape index (κ2) is 4.94. The fourth-order valence-electron chi connectivity index (χ4n) is 2.77. The summed E-state index contributed by atoms with van der Waals surface area (Å²) in [5, 5.41) is 0. The van der Waals surface area contributed by atoms with Crippen molar-refractivity contribution in [2.45, 2.75) is 33.2 Å². The lowest BCUT2D eigenvalue weighted by atomic mass is 10.2. The number of aromatic nitrogens is 2. The lowest BCUT2D eigenvalue weighted by Crippen LogP contribution is -2.09. The number of thiophene rings is 1. The predicted octanol–water partition coefficient (Wildman–Crippen LogP) is 4.10. The first-order valence-electron chi connectivity index (χ1n) is 6.84. The first-order chi connectivity index (χ1) is 9.54. The number of anilines is 1. The van der Waals surface area contributed by atoms with E-state index in [9.17, 15) is 0 Å². The molecule has 0 saturated carbocycles. The zero-order valence-corrected chi connectivity index (χ0v) is 12.9. The summed E-state index contributed by atoms with van der Waals surface area (Å²) in [6.45, 7) is 6.46. The molecule has 0 aliphatic rings. The van der Waals surface area contributed by atoms with Gasteiger partial charge < -0.3 is 10.3 Å². The quantitative estimate of drug-likeness (QED) is 0.736. The average molecular weight is 285 g/mol. The number of aryl methyl sites for hydroxylation is 2. The van der Waals surface area contributed by atoms with Crippen LogP contribution in [0.5, 0.6) is 0 Å². The van der Waals surface area contributed by atoms with E-state index >= 15 is 0 Å². The minimum Gasteiger partial charge on any atom is -0.399 e. The van der Waals surface area contributed by atoms with Gasteiger partial charge in [0.2, 0.25) is 0 Å². The molecule has 1 unspecified atom stereocenters. The van der Waals surface area contributed by atoms with Gasteiger partial charge in [-0.2, -0.15) is 0 Å². The molecule has 104 valence electrons. The monoisotopic (exact) mass is 285 g/mol. The molecule has 2 N–H and O–H groups in total. The number of nitrogen functional groups attached to an aromatic ring is 1. The van der Waals surface area contributed by atoms with E-state index in [1.807, 2.05) is 23.5 Å². The molecule has 0 amide bonds. The molecule has 4 heteroatoms. The van der Waals surface area contributed by atoms with Gasteiger partial charge in [0.1, 0.15) is 5.82 Å². The summed E-state index contributed by atoms with van der Waals surface area (Å²) < 4.78 is 2.31. The molecule has 3 rings (SSSR count). The number of nitrogens with two attached hydrogens (primary N) is 1. The standard InChI is InChI=1S/C16H19N3S/c1-10(8-14-6-4-11(2)20-14)19-12(3)18-15-9-13(17)5-7-16(15)19/h4-7,9-10H,8,17H2,1-3H3. The molecule has 2 heterocycles. The Morgan fingerprint density at radius 3 is 2.75 bits per heavy atom. The highest BCUT2D eigenvalue weighted by atomic mass is 32.1. The third-order valence-electron chi connectivity index (χ3n) is 3.62. The molecule has 0 radical (unpaired) electrons. The Morgan fingerprint density at radius 1 is 1.25 bits per heavy atom. The van der Waals surface area contributed by atoms with Crippen LogP contribution in [-0.4, -0.2) is 9.55 Å². The Balaban J connectivity index is 1.98. The molecule has 0 saturated heterocycles. The Labute approximate surface area is 123 Å². The van der Waals surface area contributed by atoms with Crippen LogP contribution in [0.15, 0.2) is 30.3 Å². The summed E-state index contributed by atoms with van der Waals surface area (Å²) in [5.74, 6) is 1.05. The van der Waals surface area contributed by atoms with Crippen molar-refractivity contribution in [1.29, 1.82) is 0 Å². The molecule has 0 bridgehead atoms. The van der Waals surface area contributed by atoms with Gasteiger partial charge in [-0.1, -0.05) is 0 Å². The second-order valence-electron chi connectivity index (χ2n) is 5.34. The van der Waals surface area contributed by atoms with Gasteiger partial charge in [-0.3, -0.25) is 0 Å².